The van der Waals surface area contributed by atoms with Gasteiger partial charge in [-0.15, -0.1) is 12.4 Å². The van der Waals surface area contributed by atoms with Crippen LogP contribution in [0.3, 0.4) is 0 Å². The first-order valence-electron chi connectivity index (χ1n) is 7.41. The predicted octanol–water partition coefficient (Wildman–Crippen LogP) is 0.428. The summed E-state index contributed by atoms with van der Waals surface area (Å²) >= 11 is 0. The van der Waals surface area contributed by atoms with Gasteiger partial charge >= 0.3 is 0 Å². The first-order chi connectivity index (χ1) is 11.0. The van der Waals surface area contributed by atoms with Gasteiger partial charge in [0.05, 0.1) is 13.2 Å². The minimum absolute atomic E-state index is 0. The number of carbonyl (C=O) groups is 2. The molecular weight excluding hydrogens is 334 g/mol. The number of benzene rings is 1. The van der Waals surface area contributed by atoms with Crippen molar-refractivity contribution in [2.75, 3.05) is 47.5 Å². The van der Waals surface area contributed by atoms with Gasteiger partial charge < -0.3 is 25.0 Å². The van der Waals surface area contributed by atoms with Crippen molar-refractivity contribution >= 4 is 24.2 Å². The van der Waals surface area contributed by atoms with Gasteiger partial charge in [0, 0.05) is 34.3 Å². The third-order valence-electron chi connectivity index (χ3n) is 3.02. The summed E-state index contributed by atoms with van der Waals surface area (Å²) in [6.45, 7) is 1.85. The molecule has 0 radical (unpaired) electrons. The molecule has 2 N–H and O–H groups in total. The molecule has 0 aliphatic carbocycles. The largest absolute Gasteiger partial charge is 0.484 e. The van der Waals surface area contributed by atoms with Gasteiger partial charge in [-0.1, -0.05) is 12.1 Å². The van der Waals surface area contributed by atoms with Crippen LogP contribution in [0.4, 0.5) is 0 Å². The fourth-order valence-electron chi connectivity index (χ4n) is 1.66. The third-order valence-corrected chi connectivity index (χ3v) is 3.02. The lowest BCUT2D eigenvalue weighted by molar-refractivity contribution is -0.130. The van der Waals surface area contributed by atoms with E-state index in [0.29, 0.717) is 25.4 Å². The molecule has 1 aromatic rings. The maximum Gasteiger partial charge on any atom is 0.259 e. The van der Waals surface area contributed by atoms with Crippen molar-refractivity contribution in [3.63, 3.8) is 0 Å². The smallest absolute Gasteiger partial charge is 0.259 e. The zero-order chi connectivity index (χ0) is 17.1. The van der Waals surface area contributed by atoms with Gasteiger partial charge in [0.25, 0.3) is 5.91 Å². The maximum atomic E-state index is 11.7. The molecule has 0 aromatic heterocycles. The van der Waals surface area contributed by atoms with Crippen LogP contribution in [0.25, 0.3) is 0 Å². The van der Waals surface area contributed by atoms with E-state index in [1.54, 1.807) is 27.3 Å². The first kappa shape index (κ1) is 22.2. The minimum atomic E-state index is -0.106. The Morgan fingerprint density at radius 1 is 1.25 bits per heavy atom. The number of nitrogens with zero attached hydrogens (tertiary/aromatic N) is 1. The van der Waals surface area contributed by atoms with E-state index in [2.05, 4.69) is 10.6 Å². The van der Waals surface area contributed by atoms with Gasteiger partial charge in [-0.3, -0.25) is 9.59 Å². The quantitative estimate of drug-likeness (QED) is 0.592. The fraction of sp³-hybridized carbons (Fsp3) is 0.500. The van der Waals surface area contributed by atoms with Gasteiger partial charge in [0.1, 0.15) is 5.75 Å². The molecule has 1 aromatic carbocycles. The Bertz CT molecular complexity index is 512. The molecule has 0 bridgehead atoms. The number of nitrogens with one attached hydrogen (secondary N) is 2. The summed E-state index contributed by atoms with van der Waals surface area (Å²) < 4.78 is 10.3. The molecular formula is C16H26ClN3O4. The number of ether oxygens (including phenoxy) is 2. The summed E-state index contributed by atoms with van der Waals surface area (Å²) in [4.78, 5) is 24.6. The Labute approximate surface area is 149 Å². The van der Waals surface area contributed by atoms with Crippen LogP contribution in [0.2, 0.25) is 0 Å². The van der Waals surface area contributed by atoms with Gasteiger partial charge in [0.2, 0.25) is 5.91 Å². The number of amides is 2. The molecule has 0 aliphatic rings. The van der Waals surface area contributed by atoms with Crippen LogP contribution >= 0.6 is 12.4 Å². The standard InChI is InChI=1S/C16H25N3O4.ClH/c1-19(2)16(21)12-23-14-6-4-5-13(9-14)10-18-15(20)11-17-7-8-22-3;/h4-6,9,17H,7-8,10-12H2,1-3H3,(H,18,20);1H. The molecule has 0 unspecified atom stereocenters. The molecule has 7 nitrogen and oxygen atoms in total. The normalized spacial score (nSPS) is 9.79. The van der Waals surface area contributed by atoms with Crippen LogP contribution in [0.5, 0.6) is 5.75 Å². The number of rotatable bonds is 10. The summed E-state index contributed by atoms with van der Waals surface area (Å²) in [5, 5.41) is 5.79. The zero-order valence-electron chi connectivity index (χ0n) is 14.3. The maximum absolute atomic E-state index is 11.7. The zero-order valence-corrected chi connectivity index (χ0v) is 15.1. The molecule has 0 aliphatic heterocycles. The van der Waals surface area contributed by atoms with Crippen LogP contribution in [0.15, 0.2) is 24.3 Å². The number of likely N-dealkylation sites (N-methyl/N-ethyl adjacent to an activating group) is 1. The van der Waals surface area contributed by atoms with E-state index in [9.17, 15) is 9.59 Å². The summed E-state index contributed by atoms with van der Waals surface area (Å²) in [6, 6.07) is 7.30. The Morgan fingerprint density at radius 3 is 2.67 bits per heavy atom. The van der Waals surface area contributed by atoms with Crippen molar-refractivity contribution in [2.45, 2.75) is 6.54 Å². The molecule has 0 saturated heterocycles. The average Bonchev–Trinajstić information content (AvgIpc) is 2.55. The second-order valence-corrected chi connectivity index (χ2v) is 5.17. The number of hydrogen-bond donors (Lipinski definition) is 2. The molecule has 0 heterocycles. The van der Waals surface area contributed by atoms with E-state index in [1.807, 2.05) is 18.2 Å². The van der Waals surface area contributed by atoms with Crippen molar-refractivity contribution in [2.24, 2.45) is 0 Å². The number of halogens is 1. The van der Waals surface area contributed by atoms with Crippen LogP contribution < -0.4 is 15.4 Å². The van der Waals surface area contributed by atoms with Crippen molar-refractivity contribution in [1.29, 1.82) is 0 Å². The van der Waals surface area contributed by atoms with Crippen LogP contribution in [0.1, 0.15) is 5.56 Å². The highest BCUT2D eigenvalue weighted by Gasteiger charge is 2.06. The Kier molecular flexibility index (Phi) is 11.6. The SMILES string of the molecule is COCCNCC(=O)NCc1cccc(OCC(=O)N(C)C)c1.Cl. The van der Waals surface area contributed by atoms with Crippen molar-refractivity contribution in [3.05, 3.63) is 29.8 Å². The predicted molar refractivity (Wildman–Crippen MR) is 94.5 cm³/mol. The Morgan fingerprint density at radius 2 is 2.00 bits per heavy atom. The summed E-state index contributed by atoms with van der Waals surface area (Å²) in [6.07, 6.45) is 0. The topological polar surface area (TPSA) is 79.9 Å². The van der Waals surface area contributed by atoms with Gasteiger partial charge in [-0.2, -0.15) is 0 Å². The van der Waals surface area contributed by atoms with Gasteiger partial charge in [-0.25, -0.2) is 0 Å². The fourth-order valence-corrected chi connectivity index (χ4v) is 1.66. The Balaban J connectivity index is 0.00000529. The monoisotopic (exact) mass is 359 g/mol. The number of methoxy groups -OCH3 is 1. The third kappa shape index (κ3) is 9.34. The summed E-state index contributed by atoms with van der Waals surface area (Å²) in [7, 11) is 4.97. The molecule has 136 valence electrons. The van der Waals surface area contributed by atoms with Crippen molar-refractivity contribution in [1.82, 2.24) is 15.5 Å². The Hall–Kier alpha value is -1.83. The van der Waals surface area contributed by atoms with E-state index in [0.717, 1.165) is 5.56 Å². The molecule has 0 spiro atoms. The van der Waals surface area contributed by atoms with E-state index >= 15 is 0 Å². The van der Waals surface area contributed by atoms with Gasteiger partial charge in [-0.05, 0) is 17.7 Å². The van der Waals surface area contributed by atoms with E-state index in [1.165, 1.54) is 4.90 Å². The molecule has 0 atom stereocenters. The molecule has 2 amide bonds. The highest BCUT2D eigenvalue weighted by molar-refractivity contribution is 5.85. The second-order valence-electron chi connectivity index (χ2n) is 5.17. The van der Waals surface area contributed by atoms with Crippen molar-refractivity contribution < 1.29 is 19.1 Å². The van der Waals surface area contributed by atoms with E-state index in [4.69, 9.17) is 9.47 Å². The molecule has 0 fully saturated rings. The van der Waals surface area contributed by atoms with Crippen LogP contribution in [0, 0.1) is 0 Å². The summed E-state index contributed by atoms with van der Waals surface area (Å²) in [5.41, 5.74) is 0.907. The van der Waals surface area contributed by atoms with Crippen LogP contribution in [-0.2, 0) is 20.9 Å². The minimum Gasteiger partial charge on any atom is -0.484 e. The first-order valence-corrected chi connectivity index (χ1v) is 7.41. The molecule has 24 heavy (non-hydrogen) atoms. The lowest BCUT2D eigenvalue weighted by atomic mass is 10.2. The second kappa shape index (κ2) is 12.6. The number of hydrogen-bond acceptors (Lipinski definition) is 5. The highest BCUT2D eigenvalue weighted by Crippen LogP contribution is 2.13. The molecule has 0 saturated carbocycles. The van der Waals surface area contributed by atoms with Crippen LogP contribution in [-0.4, -0.2) is 64.2 Å². The molecule has 1 rings (SSSR count). The lowest BCUT2D eigenvalue weighted by Crippen LogP contribution is -2.34. The average molecular weight is 360 g/mol. The van der Waals surface area contributed by atoms with Crippen molar-refractivity contribution in [3.8, 4) is 5.75 Å². The van der Waals surface area contributed by atoms with E-state index < -0.39 is 0 Å². The van der Waals surface area contributed by atoms with E-state index in [-0.39, 0.29) is 37.4 Å². The number of carbonyl (C=O) groups excluding carboxylic acids is 2. The highest BCUT2D eigenvalue weighted by atomic mass is 35.5. The molecule has 8 heteroatoms. The van der Waals surface area contributed by atoms with Gasteiger partial charge in [0.15, 0.2) is 6.61 Å². The lowest BCUT2D eigenvalue weighted by Gasteiger charge is -2.12. The summed E-state index contributed by atoms with van der Waals surface area (Å²) in [5.74, 6) is 0.409.